The van der Waals surface area contributed by atoms with E-state index in [0.717, 1.165) is 11.3 Å². The number of carboxylic acids is 1. The Kier molecular flexibility index (Phi) is 3.39. The molecule has 2 aromatic rings. The standard InChI is InChI=1S/C16H15NO4/c17-13-6-5-10(16(18)19)7-15(13)21-9-11-8-20-14-4-2-1-3-12(11)14/h1-7,11H,8-9,17H2,(H,18,19). The van der Waals surface area contributed by atoms with Crippen molar-refractivity contribution in [1.82, 2.24) is 0 Å². The van der Waals surface area contributed by atoms with Crippen molar-refractivity contribution in [2.45, 2.75) is 5.92 Å². The van der Waals surface area contributed by atoms with E-state index in [0.29, 0.717) is 24.7 Å². The average molecular weight is 285 g/mol. The van der Waals surface area contributed by atoms with Crippen LogP contribution in [0.2, 0.25) is 0 Å². The van der Waals surface area contributed by atoms with Gasteiger partial charge in [-0.2, -0.15) is 0 Å². The monoisotopic (exact) mass is 285 g/mol. The number of carboxylic acid groups (broad SMARTS) is 1. The number of aromatic carboxylic acids is 1. The Morgan fingerprint density at radius 2 is 2.14 bits per heavy atom. The van der Waals surface area contributed by atoms with Crippen LogP contribution in [-0.4, -0.2) is 24.3 Å². The first kappa shape index (κ1) is 13.3. The van der Waals surface area contributed by atoms with Gasteiger partial charge >= 0.3 is 5.97 Å². The molecule has 3 N–H and O–H groups in total. The van der Waals surface area contributed by atoms with E-state index in [1.54, 1.807) is 0 Å². The molecule has 3 rings (SSSR count). The Morgan fingerprint density at radius 3 is 2.95 bits per heavy atom. The van der Waals surface area contributed by atoms with Crippen LogP contribution >= 0.6 is 0 Å². The molecule has 1 aliphatic rings. The maximum Gasteiger partial charge on any atom is 0.335 e. The highest BCUT2D eigenvalue weighted by molar-refractivity contribution is 5.89. The van der Waals surface area contributed by atoms with Crippen LogP contribution in [0.15, 0.2) is 42.5 Å². The molecule has 5 heteroatoms. The summed E-state index contributed by atoms with van der Waals surface area (Å²) >= 11 is 0. The van der Waals surface area contributed by atoms with Gasteiger partial charge in [-0.15, -0.1) is 0 Å². The molecule has 0 saturated heterocycles. The molecule has 0 aromatic heterocycles. The van der Waals surface area contributed by atoms with E-state index in [9.17, 15) is 4.79 Å². The van der Waals surface area contributed by atoms with Crippen molar-refractivity contribution in [3.63, 3.8) is 0 Å². The second-order valence-corrected chi connectivity index (χ2v) is 4.91. The van der Waals surface area contributed by atoms with Crippen LogP contribution in [0.3, 0.4) is 0 Å². The molecular weight excluding hydrogens is 270 g/mol. The van der Waals surface area contributed by atoms with Crippen LogP contribution in [0.4, 0.5) is 5.69 Å². The van der Waals surface area contributed by atoms with Crippen molar-refractivity contribution >= 4 is 11.7 Å². The van der Waals surface area contributed by atoms with Crippen LogP contribution in [0.1, 0.15) is 21.8 Å². The number of ether oxygens (including phenoxy) is 2. The Labute approximate surface area is 121 Å². The third-order valence-corrected chi connectivity index (χ3v) is 3.50. The summed E-state index contributed by atoms with van der Waals surface area (Å²) in [6, 6.07) is 12.3. The van der Waals surface area contributed by atoms with Gasteiger partial charge in [-0.3, -0.25) is 0 Å². The molecule has 5 nitrogen and oxygen atoms in total. The number of nitrogens with two attached hydrogens (primary N) is 1. The molecule has 108 valence electrons. The average Bonchev–Trinajstić information content (AvgIpc) is 2.89. The molecule has 21 heavy (non-hydrogen) atoms. The molecule has 1 atom stereocenters. The lowest BCUT2D eigenvalue weighted by Gasteiger charge is -2.13. The minimum absolute atomic E-state index is 0.120. The highest BCUT2D eigenvalue weighted by Crippen LogP contribution is 2.34. The van der Waals surface area contributed by atoms with Crippen molar-refractivity contribution in [2.24, 2.45) is 0 Å². The zero-order valence-electron chi connectivity index (χ0n) is 11.3. The van der Waals surface area contributed by atoms with Gasteiger partial charge in [-0.1, -0.05) is 18.2 Å². The molecule has 0 aliphatic carbocycles. The van der Waals surface area contributed by atoms with Gasteiger partial charge in [0.1, 0.15) is 11.5 Å². The number of carbonyl (C=O) groups is 1. The number of anilines is 1. The van der Waals surface area contributed by atoms with Gasteiger partial charge in [0.25, 0.3) is 0 Å². The first-order chi connectivity index (χ1) is 10.1. The molecule has 1 unspecified atom stereocenters. The Morgan fingerprint density at radius 1 is 1.33 bits per heavy atom. The number of nitrogen functional groups attached to an aromatic ring is 1. The van der Waals surface area contributed by atoms with Gasteiger partial charge in [-0.05, 0) is 24.3 Å². The number of hydrogen-bond donors (Lipinski definition) is 2. The largest absolute Gasteiger partial charge is 0.493 e. The fraction of sp³-hybridized carbons (Fsp3) is 0.188. The summed E-state index contributed by atoms with van der Waals surface area (Å²) in [7, 11) is 0. The highest BCUT2D eigenvalue weighted by Gasteiger charge is 2.24. The summed E-state index contributed by atoms with van der Waals surface area (Å²) in [4.78, 5) is 11.0. The van der Waals surface area contributed by atoms with Gasteiger partial charge < -0.3 is 20.3 Å². The van der Waals surface area contributed by atoms with Crippen molar-refractivity contribution < 1.29 is 19.4 Å². The fourth-order valence-electron chi connectivity index (χ4n) is 2.35. The van der Waals surface area contributed by atoms with Crippen LogP contribution in [0, 0.1) is 0 Å². The summed E-state index contributed by atoms with van der Waals surface area (Å²) in [5.74, 6) is 0.376. The van der Waals surface area contributed by atoms with Crippen LogP contribution in [0.5, 0.6) is 11.5 Å². The summed E-state index contributed by atoms with van der Waals surface area (Å²) in [6.07, 6.45) is 0. The maximum absolute atomic E-state index is 11.0. The molecule has 2 aromatic carbocycles. The lowest BCUT2D eigenvalue weighted by atomic mass is 10.0. The molecule has 1 heterocycles. The van der Waals surface area contributed by atoms with Gasteiger partial charge in [0.15, 0.2) is 0 Å². The SMILES string of the molecule is Nc1ccc(C(=O)O)cc1OCC1COc2ccccc21. The van der Waals surface area contributed by atoms with Crippen LogP contribution in [-0.2, 0) is 0 Å². The summed E-state index contributed by atoms with van der Waals surface area (Å²) in [6.45, 7) is 0.947. The second-order valence-electron chi connectivity index (χ2n) is 4.91. The zero-order chi connectivity index (χ0) is 14.8. The predicted octanol–water partition coefficient (Wildman–Crippen LogP) is 2.52. The van der Waals surface area contributed by atoms with Gasteiger partial charge in [0.05, 0.1) is 30.4 Å². The molecule has 0 saturated carbocycles. The smallest absolute Gasteiger partial charge is 0.335 e. The van der Waals surface area contributed by atoms with E-state index >= 15 is 0 Å². The predicted molar refractivity (Wildman–Crippen MR) is 78.0 cm³/mol. The number of hydrogen-bond acceptors (Lipinski definition) is 4. The van der Waals surface area contributed by atoms with E-state index in [4.69, 9.17) is 20.3 Å². The van der Waals surface area contributed by atoms with Gasteiger partial charge in [0.2, 0.25) is 0 Å². The number of benzene rings is 2. The molecule has 0 bridgehead atoms. The first-order valence-electron chi connectivity index (χ1n) is 6.62. The third-order valence-electron chi connectivity index (χ3n) is 3.50. The van der Waals surface area contributed by atoms with Gasteiger partial charge in [0, 0.05) is 5.56 Å². The summed E-state index contributed by atoms with van der Waals surface area (Å²) in [5, 5.41) is 8.99. The second kappa shape index (κ2) is 5.36. The van der Waals surface area contributed by atoms with Crippen molar-refractivity contribution in [2.75, 3.05) is 18.9 Å². The number of fused-ring (bicyclic) bond motifs is 1. The van der Waals surface area contributed by atoms with E-state index in [1.165, 1.54) is 18.2 Å². The van der Waals surface area contributed by atoms with Gasteiger partial charge in [-0.25, -0.2) is 4.79 Å². The van der Waals surface area contributed by atoms with E-state index in [-0.39, 0.29) is 11.5 Å². The molecule has 1 aliphatic heterocycles. The Hall–Kier alpha value is -2.69. The Balaban J connectivity index is 1.74. The molecule has 0 radical (unpaired) electrons. The number of para-hydroxylation sites is 1. The minimum atomic E-state index is -1.01. The van der Waals surface area contributed by atoms with E-state index in [1.807, 2.05) is 24.3 Å². The van der Waals surface area contributed by atoms with E-state index < -0.39 is 5.97 Å². The first-order valence-corrected chi connectivity index (χ1v) is 6.62. The van der Waals surface area contributed by atoms with Crippen LogP contribution < -0.4 is 15.2 Å². The lowest BCUT2D eigenvalue weighted by molar-refractivity contribution is 0.0696. The number of rotatable bonds is 4. The molecular formula is C16H15NO4. The van der Waals surface area contributed by atoms with Crippen molar-refractivity contribution in [3.05, 3.63) is 53.6 Å². The normalized spacial score (nSPS) is 16.1. The fourth-order valence-corrected chi connectivity index (χ4v) is 2.35. The molecule has 0 fully saturated rings. The molecule has 0 amide bonds. The topological polar surface area (TPSA) is 81.8 Å². The highest BCUT2D eigenvalue weighted by atomic mass is 16.5. The maximum atomic E-state index is 11.0. The summed E-state index contributed by atoms with van der Waals surface area (Å²) in [5.41, 5.74) is 7.50. The van der Waals surface area contributed by atoms with Crippen molar-refractivity contribution in [3.8, 4) is 11.5 Å². The minimum Gasteiger partial charge on any atom is -0.493 e. The Bertz CT molecular complexity index is 684. The molecule has 0 spiro atoms. The third kappa shape index (κ3) is 2.63. The lowest BCUT2D eigenvalue weighted by Crippen LogP contribution is -2.12. The zero-order valence-corrected chi connectivity index (χ0v) is 11.3. The summed E-state index contributed by atoms with van der Waals surface area (Å²) < 4.78 is 11.3. The quantitative estimate of drug-likeness (QED) is 0.843. The van der Waals surface area contributed by atoms with Crippen LogP contribution in [0.25, 0.3) is 0 Å². The van der Waals surface area contributed by atoms with Crippen molar-refractivity contribution in [1.29, 1.82) is 0 Å². The van der Waals surface area contributed by atoms with E-state index in [2.05, 4.69) is 0 Å².